The standard InChI is InChI=1S/C13H13N7/c1-14-12-17-11(8-10-4-2-5-15-9-10)18-13(19-12)20-7-3-6-16-20/h2-7,9H,8H2,1H3,(H,14,17,18,19). The molecule has 3 aromatic heterocycles. The molecule has 0 aliphatic carbocycles. The van der Waals surface area contributed by atoms with Crippen molar-refractivity contribution in [3.63, 3.8) is 0 Å². The zero-order valence-electron chi connectivity index (χ0n) is 10.9. The van der Waals surface area contributed by atoms with Crippen LogP contribution < -0.4 is 5.32 Å². The van der Waals surface area contributed by atoms with Crippen LogP contribution in [0.2, 0.25) is 0 Å². The first-order valence-electron chi connectivity index (χ1n) is 6.17. The van der Waals surface area contributed by atoms with Gasteiger partial charge in [0.05, 0.1) is 0 Å². The van der Waals surface area contributed by atoms with Crippen LogP contribution in [0.25, 0.3) is 5.95 Å². The van der Waals surface area contributed by atoms with Crippen LogP contribution in [0.4, 0.5) is 5.95 Å². The Balaban J connectivity index is 1.96. The fraction of sp³-hybridized carbons (Fsp3) is 0.154. The summed E-state index contributed by atoms with van der Waals surface area (Å²) in [7, 11) is 1.77. The predicted octanol–water partition coefficient (Wildman–Crippen LogP) is 1.08. The molecule has 0 bridgehead atoms. The summed E-state index contributed by atoms with van der Waals surface area (Å²) in [4.78, 5) is 17.2. The zero-order valence-corrected chi connectivity index (χ0v) is 10.9. The molecule has 0 aliphatic rings. The minimum atomic E-state index is 0.494. The van der Waals surface area contributed by atoms with Gasteiger partial charge in [0.25, 0.3) is 5.95 Å². The molecule has 20 heavy (non-hydrogen) atoms. The molecule has 1 N–H and O–H groups in total. The highest BCUT2D eigenvalue weighted by Gasteiger charge is 2.08. The monoisotopic (exact) mass is 267 g/mol. The molecule has 7 heteroatoms. The lowest BCUT2D eigenvalue weighted by Gasteiger charge is -2.06. The van der Waals surface area contributed by atoms with E-state index in [0.717, 1.165) is 5.56 Å². The van der Waals surface area contributed by atoms with Crippen molar-refractivity contribution in [1.82, 2.24) is 29.7 Å². The van der Waals surface area contributed by atoms with Gasteiger partial charge in [0, 0.05) is 38.3 Å². The van der Waals surface area contributed by atoms with E-state index in [9.17, 15) is 0 Å². The molecule has 0 spiro atoms. The summed E-state index contributed by atoms with van der Waals surface area (Å²) in [5, 5.41) is 7.07. The first-order chi connectivity index (χ1) is 9.85. The molecule has 7 nitrogen and oxygen atoms in total. The number of aromatic nitrogens is 6. The fourth-order valence-electron chi connectivity index (χ4n) is 1.77. The highest BCUT2D eigenvalue weighted by Crippen LogP contribution is 2.08. The Labute approximate surface area is 115 Å². The molecule has 0 unspecified atom stereocenters. The van der Waals surface area contributed by atoms with Crippen molar-refractivity contribution in [2.24, 2.45) is 0 Å². The molecule has 0 fully saturated rings. The molecule has 3 aromatic rings. The molecule has 0 atom stereocenters. The van der Waals surface area contributed by atoms with Gasteiger partial charge in [-0.2, -0.15) is 20.1 Å². The lowest BCUT2D eigenvalue weighted by Crippen LogP contribution is -2.10. The topological polar surface area (TPSA) is 81.4 Å². The predicted molar refractivity (Wildman–Crippen MR) is 73.5 cm³/mol. The number of nitrogens with one attached hydrogen (secondary N) is 1. The fourth-order valence-corrected chi connectivity index (χ4v) is 1.77. The number of hydrogen-bond acceptors (Lipinski definition) is 6. The van der Waals surface area contributed by atoms with E-state index in [1.54, 1.807) is 36.5 Å². The largest absolute Gasteiger partial charge is 0.357 e. The Morgan fingerprint density at radius 3 is 2.80 bits per heavy atom. The normalized spacial score (nSPS) is 10.4. The third-order valence-corrected chi connectivity index (χ3v) is 2.69. The number of anilines is 1. The van der Waals surface area contributed by atoms with Crippen LogP contribution in [0.3, 0.4) is 0 Å². The van der Waals surface area contributed by atoms with E-state index in [2.05, 4.69) is 30.4 Å². The molecular formula is C13H13N7. The van der Waals surface area contributed by atoms with Crippen molar-refractivity contribution in [1.29, 1.82) is 0 Å². The van der Waals surface area contributed by atoms with Gasteiger partial charge in [-0.1, -0.05) is 6.07 Å². The van der Waals surface area contributed by atoms with Gasteiger partial charge in [-0.05, 0) is 17.7 Å². The van der Waals surface area contributed by atoms with E-state index in [0.29, 0.717) is 24.1 Å². The lowest BCUT2D eigenvalue weighted by atomic mass is 10.2. The Bertz CT molecular complexity index is 679. The van der Waals surface area contributed by atoms with Crippen molar-refractivity contribution in [2.45, 2.75) is 6.42 Å². The minimum Gasteiger partial charge on any atom is -0.357 e. The minimum absolute atomic E-state index is 0.494. The Morgan fingerprint density at radius 2 is 2.10 bits per heavy atom. The summed E-state index contributed by atoms with van der Waals surface area (Å²) in [6.07, 6.45) is 7.62. The molecule has 3 heterocycles. The summed E-state index contributed by atoms with van der Waals surface area (Å²) in [5.41, 5.74) is 1.05. The van der Waals surface area contributed by atoms with E-state index in [-0.39, 0.29) is 0 Å². The van der Waals surface area contributed by atoms with Gasteiger partial charge < -0.3 is 5.32 Å². The van der Waals surface area contributed by atoms with Crippen LogP contribution in [0.5, 0.6) is 0 Å². The van der Waals surface area contributed by atoms with Crippen molar-refractivity contribution < 1.29 is 0 Å². The smallest absolute Gasteiger partial charge is 0.255 e. The Kier molecular flexibility index (Phi) is 3.32. The van der Waals surface area contributed by atoms with E-state index in [4.69, 9.17) is 0 Å². The van der Waals surface area contributed by atoms with E-state index in [1.807, 2.05) is 18.2 Å². The number of pyridine rings is 1. The summed E-state index contributed by atoms with van der Waals surface area (Å²) in [6, 6.07) is 5.71. The van der Waals surface area contributed by atoms with Crippen LogP contribution in [-0.4, -0.2) is 36.8 Å². The van der Waals surface area contributed by atoms with Crippen LogP contribution in [0.1, 0.15) is 11.4 Å². The Hall–Kier alpha value is -2.83. The van der Waals surface area contributed by atoms with Gasteiger partial charge in [0.1, 0.15) is 5.82 Å². The van der Waals surface area contributed by atoms with Gasteiger partial charge in [-0.3, -0.25) is 4.98 Å². The molecule has 0 saturated heterocycles. The maximum atomic E-state index is 4.43. The van der Waals surface area contributed by atoms with Gasteiger partial charge >= 0.3 is 0 Å². The Morgan fingerprint density at radius 1 is 1.15 bits per heavy atom. The first-order valence-corrected chi connectivity index (χ1v) is 6.17. The molecular weight excluding hydrogens is 254 g/mol. The van der Waals surface area contributed by atoms with Crippen LogP contribution >= 0.6 is 0 Å². The zero-order chi connectivity index (χ0) is 13.8. The average molecular weight is 267 g/mol. The van der Waals surface area contributed by atoms with Crippen molar-refractivity contribution in [3.05, 3.63) is 54.4 Å². The number of nitrogens with zero attached hydrogens (tertiary/aromatic N) is 6. The number of rotatable bonds is 4. The molecule has 0 saturated carbocycles. The highest BCUT2D eigenvalue weighted by atomic mass is 15.4. The van der Waals surface area contributed by atoms with Gasteiger partial charge in [-0.15, -0.1) is 0 Å². The maximum absolute atomic E-state index is 4.43. The second-order valence-electron chi connectivity index (χ2n) is 4.11. The molecule has 0 amide bonds. The van der Waals surface area contributed by atoms with Crippen LogP contribution in [-0.2, 0) is 6.42 Å². The summed E-state index contributed by atoms with van der Waals surface area (Å²) < 4.78 is 1.61. The summed E-state index contributed by atoms with van der Waals surface area (Å²) in [6.45, 7) is 0. The van der Waals surface area contributed by atoms with E-state index in [1.165, 1.54) is 0 Å². The molecule has 100 valence electrons. The SMILES string of the molecule is CNc1nc(Cc2cccnc2)nc(-n2cccn2)n1. The first kappa shape index (κ1) is 12.2. The third-order valence-electron chi connectivity index (χ3n) is 2.69. The summed E-state index contributed by atoms with van der Waals surface area (Å²) >= 11 is 0. The van der Waals surface area contributed by atoms with E-state index >= 15 is 0 Å². The van der Waals surface area contributed by atoms with Gasteiger partial charge in [0.15, 0.2) is 0 Å². The van der Waals surface area contributed by atoms with Crippen molar-refractivity contribution in [3.8, 4) is 5.95 Å². The lowest BCUT2D eigenvalue weighted by molar-refractivity contribution is 0.775. The van der Waals surface area contributed by atoms with Crippen LogP contribution in [0, 0.1) is 0 Å². The highest BCUT2D eigenvalue weighted by molar-refractivity contribution is 5.29. The third kappa shape index (κ3) is 2.61. The second-order valence-corrected chi connectivity index (χ2v) is 4.11. The maximum Gasteiger partial charge on any atom is 0.255 e. The molecule has 0 radical (unpaired) electrons. The summed E-state index contributed by atoms with van der Waals surface area (Å²) in [5.74, 6) is 1.68. The number of hydrogen-bond donors (Lipinski definition) is 1. The van der Waals surface area contributed by atoms with Gasteiger partial charge in [0.2, 0.25) is 5.95 Å². The average Bonchev–Trinajstić information content (AvgIpc) is 3.02. The second kappa shape index (κ2) is 5.43. The van der Waals surface area contributed by atoms with Crippen molar-refractivity contribution >= 4 is 5.95 Å². The van der Waals surface area contributed by atoms with E-state index < -0.39 is 0 Å². The van der Waals surface area contributed by atoms with Crippen molar-refractivity contribution in [2.75, 3.05) is 12.4 Å². The molecule has 0 aliphatic heterocycles. The molecule has 3 rings (SSSR count). The molecule has 0 aromatic carbocycles. The quantitative estimate of drug-likeness (QED) is 0.762. The van der Waals surface area contributed by atoms with Gasteiger partial charge in [-0.25, -0.2) is 4.68 Å². The van der Waals surface area contributed by atoms with Crippen LogP contribution in [0.15, 0.2) is 43.0 Å².